The molecule has 1 rings (SSSR count). The topological polar surface area (TPSA) is 49.3 Å². The van der Waals surface area contributed by atoms with E-state index in [1.807, 2.05) is 0 Å². The van der Waals surface area contributed by atoms with Crippen LogP contribution in [0.5, 0.6) is 0 Å². The summed E-state index contributed by atoms with van der Waals surface area (Å²) >= 11 is 5.87. The number of benzene rings is 1. The van der Waals surface area contributed by atoms with Gasteiger partial charge in [-0.15, -0.1) is 0 Å². The molecule has 4 heteroatoms. The van der Waals surface area contributed by atoms with E-state index in [2.05, 4.69) is 12.2 Å². The van der Waals surface area contributed by atoms with Crippen LogP contribution >= 0.6 is 11.6 Å². The third-order valence-electron chi connectivity index (χ3n) is 2.57. The van der Waals surface area contributed by atoms with Crippen molar-refractivity contribution >= 4 is 23.3 Å². The van der Waals surface area contributed by atoms with E-state index in [-0.39, 0.29) is 10.6 Å². The predicted octanol–water partition coefficient (Wildman–Crippen LogP) is 4.03. The molecule has 0 aliphatic carbocycles. The van der Waals surface area contributed by atoms with Crippen molar-refractivity contribution < 1.29 is 9.90 Å². The van der Waals surface area contributed by atoms with Gasteiger partial charge in [0.1, 0.15) is 5.56 Å². The molecule has 2 N–H and O–H groups in total. The number of halogens is 1. The molecule has 3 nitrogen and oxygen atoms in total. The van der Waals surface area contributed by atoms with E-state index in [1.54, 1.807) is 18.2 Å². The van der Waals surface area contributed by atoms with Crippen LogP contribution in [0.4, 0.5) is 5.69 Å². The van der Waals surface area contributed by atoms with E-state index in [1.165, 1.54) is 12.8 Å². The summed E-state index contributed by atoms with van der Waals surface area (Å²) in [4.78, 5) is 11.1. The molecule has 0 fully saturated rings. The van der Waals surface area contributed by atoms with Gasteiger partial charge in [0.25, 0.3) is 0 Å². The van der Waals surface area contributed by atoms with Crippen LogP contribution in [0, 0.1) is 0 Å². The molecule has 0 aromatic heterocycles. The molecule has 1 aromatic rings. The minimum Gasteiger partial charge on any atom is -0.478 e. The normalized spacial score (nSPS) is 10.2. The molecule has 0 aliphatic rings. The largest absolute Gasteiger partial charge is 0.478 e. The third kappa shape index (κ3) is 4.27. The summed E-state index contributed by atoms with van der Waals surface area (Å²) in [5.41, 5.74) is 0.756. The molecule has 0 spiro atoms. The molecular formula is C13H18ClNO2. The molecule has 0 aliphatic heterocycles. The Balaban J connectivity index is 2.58. The number of carboxylic acids is 1. The maximum Gasteiger partial charge on any atom is 0.339 e. The summed E-state index contributed by atoms with van der Waals surface area (Å²) in [7, 11) is 0. The Hall–Kier alpha value is -1.22. The molecule has 1 aromatic carbocycles. The number of unbranched alkanes of at least 4 members (excludes halogenated alkanes) is 3. The fourth-order valence-electron chi connectivity index (χ4n) is 1.66. The van der Waals surface area contributed by atoms with Gasteiger partial charge in [-0.25, -0.2) is 4.79 Å². The number of nitrogens with one attached hydrogen (secondary N) is 1. The van der Waals surface area contributed by atoms with Crippen LogP contribution in [0.2, 0.25) is 5.02 Å². The van der Waals surface area contributed by atoms with Gasteiger partial charge in [0.05, 0.1) is 10.7 Å². The van der Waals surface area contributed by atoms with Crippen LogP contribution in [0.25, 0.3) is 0 Å². The number of carboxylic acid groups (broad SMARTS) is 1. The SMILES string of the molecule is CCCCCCNc1cccc(Cl)c1C(=O)O. The lowest BCUT2D eigenvalue weighted by Gasteiger charge is -2.10. The smallest absolute Gasteiger partial charge is 0.339 e. The Bertz CT molecular complexity index is 380. The lowest BCUT2D eigenvalue weighted by molar-refractivity contribution is 0.0698. The van der Waals surface area contributed by atoms with Gasteiger partial charge in [-0.1, -0.05) is 43.9 Å². The summed E-state index contributed by atoms with van der Waals surface area (Å²) in [5.74, 6) is -0.994. The van der Waals surface area contributed by atoms with Crippen LogP contribution in [0.3, 0.4) is 0 Å². The molecule has 17 heavy (non-hydrogen) atoms. The first-order chi connectivity index (χ1) is 8.16. The Morgan fingerprint density at radius 3 is 2.76 bits per heavy atom. The Kier molecular flexibility index (Phi) is 5.84. The summed E-state index contributed by atoms with van der Waals surface area (Å²) in [5, 5.41) is 12.5. The van der Waals surface area contributed by atoms with Crippen LogP contribution in [0.1, 0.15) is 43.0 Å². The fourth-order valence-corrected chi connectivity index (χ4v) is 1.92. The third-order valence-corrected chi connectivity index (χ3v) is 2.89. The summed E-state index contributed by atoms with van der Waals surface area (Å²) in [6.45, 7) is 2.94. The molecule has 0 saturated heterocycles. The molecule has 94 valence electrons. The van der Waals surface area contributed by atoms with Crippen LogP contribution in [0.15, 0.2) is 18.2 Å². The average molecular weight is 256 g/mol. The molecule has 0 unspecified atom stereocenters. The van der Waals surface area contributed by atoms with Gasteiger partial charge in [0, 0.05) is 6.54 Å². The van der Waals surface area contributed by atoms with Crippen molar-refractivity contribution in [3.8, 4) is 0 Å². The highest BCUT2D eigenvalue weighted by molar-refractivity contribution is 6.34. The zero-order chi connectivity index (χ0) is 12.7. The summed E-state index contributed by atoms with van der Waals surface area (Å²) in [6.07, 6.45) is 4.60. The first kappa shape index (κ1) is 13.8. The Morgan fingerprint density at radius 1 is 1.35 bits per heavy atom. The summed E-state index contributed by atoms with van der Waals surface area (Å²) < 4.78 is 0. The average Bonchev–Trinajstić information content (AvgIpc) is 2.28. The summed E-state index contributed by atoms with van der Waals surface area (Å²) in [6, 6.07) is 5.09. The maximum atomic E-state index is 11.1. The Morgan fingerprint density at radius 2 is 2.12 bits per heavy atom. The van der Waals surface area contributed by atoms with E-state index in [4.69, 9.17) is 16.7 Å². The van der Waals surface area contributed by atoms with Gasteiger partial charge in [0.2, 0.25) is 0 Å². The maximum absolute atomic E-state index is 11.1. The number of hydrogen-bond acceptors (Lipinski definition) is 2. The van der Waals surface area contributed by atoms with E-state index in [0.29, 0.717) is 5.69 Å². The molecule has 0 atom stereocenters. The van der Waals surface area contributed by atoms with Gasteiger partial charge in [-0.3, -0.25) is 0 Å². The predicted molar refractivity (Wildman–Crippen MR) is 71.0 cm³/mol. The quantitative estimate of drug-likeness (QED) is 0.723. The van der Waals surface area contributed by atoms with E-state index in [9.17, 15) is 4.79 Å². The lowest BCUT2D eigenvalue weighted by atomic mass is 10.1. The molecule has 0 heterocycles. The lowest BCUT2D eigenvalue weighted by Crippen LogP contribution is -2.08. The highest BCUT2D eigenvalue weighted by atomic mass is 35.5. The van der Waals surface area contributed by atoms with Crippen LogP contribution in [-0.4, -0.2) is 17.6 Å². The van der Waals surface area contributed by atoms with Gasteiger partial charge in [0.15, 0.2) is 0 Å². The highest BCUT2D eigenvalue weighted by Gasteiger charge is 2.13. The van der Waals surface area contributed by atoms with Crippen LogP contribution in [-0.2, 0) is 0 Å². The van der Waals surface area contributed by atoms with Gasteiger partial charge >= 0.3 is 5.97 Å². The number of rotatable bonds is 7. The molecule has 0 amide bonds. The molecular weight excluding hydrogens is 238 g/mol. The number of aromatic carboxylic acids is 1. The van der Waals surface area contributed by atoms with Crippen molar-refractivity contribution in [1.29, 1.82) is 0 Å². The van der Waals surface area contributed by atoms with Gasteiger partial charge < -0.3 is 10.4 Å². The van der Waals surface area contributed by atoms with E-state index in [0.717, 1.165) is 19.4 Å². The molecule has 0 radical (unpaired) electrons. The second kappa shape index (κ2) is 7.17. The Labute approximate surface area is 107 Å². The molecule has 0 saturated carbocycles. The van der Waals surface area contributed by atoms with E-state index < -0.39 is 5.97 Å². The van der Waals surface area contributed by atoms with Crippen LogP contribution < -0.4 is 5.32 Å². The zero-order valence-electron chi connectivity index (χ0n) is 10.0. The van der Waals surface area contributed by atoms with Crippen molar-refractivity contribution in [3.05, 3.63) is 28.8 Å². The van der Waals surface area contributed by atoms with Crippen molar-refractivity contribution in [2.75, 3.05) is 11.9 Å². The number of anilines is 1. The van der Waals surface area contributed by atoms with Crippen molar-refractivity contribution in [1.82, 2.24) is 0 Å². The first-order valence-electron chi connectivity index (χ1n) is 5.92. The van der Waals surface area contributed by atoms with Gasteiger partial charge in [-0.05, 0) is 18.6 Å². The minimum atomic E-state index is -0.994. The van der Waals surface area contributed by atoms with E-state index >= 15 is 0 Å². The van der Waals surface area contributed by atoms with Crippen molar-refractivity contribution in [3.63, 3.8) is 0 Å². The van der Waals surface area contributed by atoms with Crippen molar-refractivity contribution in [2.45, 2.75) is 32.6 Å². The number of hydrogen-bond donors (Lipinski definition) is 2. The zero-order valence-corrected chi connectivity index (χ0v) is 10.8. The monoisotopic (exact) mass is 255 g/mol. The second-order valence-corrected chi connectivity index (χ2v) is 4.36. The second-order valence-electron chi connectivity index (χ2n) is 3.95. The highest BCUT2D eigenvalue weighted by Crippen LogP contribution is 2.24. The fraction of sp³-hybridized carbons (Fsp3) is 0.462. The van der Waals surface area contributed by atoms with Crippen molar-refractivity contribution in [2.24, 2.45) is 0 Å². The standard InChI is InChI=1S/C13H18ClNO2/c1-2-3-4-5-9-15-11-8-6-7-10(14)12(11)13(16)17/h6-8,15H,2-5,9H2,1H3,(H,16,17). The number of carbonyl (C=O) groups is 1. The minimum absolute atomic E-state index is 0.157. The molecule has 0 bridgehead atoms. The first-order valence-corrected chi connectivity index (χ1v) is 6.30. The van der Waals surface area contributed by atoms with Gasteiger partial charge in [-0.2, -0.15) is 0 Å².